The first-order valence-electron chi connectivity index (χ1n) is 3.76. The van der Waals surface area contributed by atoms with Gasteiger partial charge in [-0.15, -0.1) is 4.79 Å². The van der Waals surface area contributed by atoms with E-state index in [2.05, 4.69) is 10.1 Å². The van der Waals surface area contributed by atoms with Crippen LogP contribution >= 0.6 is 0 Å². The zero-order chi connectivity index (χ0) is 10.4. The lowest BCUT2D eigenvalue weighted by atomic mass is 10.3. The number of nitrogens with zero attached hydrogens (tertiary/aromatic N) is 3. The van der Waals surface area contributed by atoms with Crippen LogP contribution in [0.15, 0.2) is 30.3 Å². The number of benzene rings is 1. The third-order valence-electron chi connectivity index (χ3n) is 1.45. The van der Waals surface area contributed by atoms with Gasteiger partial charge in [0, 0.05) is 5.69 Å². The molecule has 0 heterocycles. The van der Waals surface area contributed by atoms with E-state index in [1.165, 1.54) is 6.07 Å². The van der Waals surface area contributed by atoms with Crippen LogP contribution in [-0.2, 0) is 4.79 Å². The molecule has 0 unspecified atom stereocenters. The molecular formula is C9H6N4O. The fraction of sp³-hybridized carbons (Fsp3) is 0. The lowest BCUT2D eigenvalue weighted by molar-refractivity contribution is -0.114. The zero-order valence-corrected chi connectivity index (χ0v) is 7.14. The first-order valence-corrected chi connectivity index (χ1v) is 3.76. The van der Waals surface area contributed by atoms with E-state index < -0.39 is 11.6 Å². The van der Waals surface area contributed by atoms with Crippen LogP contribution in [0.5, 0.6) is 0 Å². The molecule has 0 aliphatic rings. The van der Waals surface area contributed by atoms with Crippen LogP contribution < -0.4 is 5.32 Å². The predicted molar refractivity (Wildman–Crippen MR) is 49.3 cm³/mol. The molecule has 68 valence electrons. The third kappa shape index (κ3) is 2.27. The summed E-state index contributed by atoms with van der Waals surface area (Å²) in [6.07, 6.45) is 0. The summed E-state index contributed by atoms with van der Waals surface area (Å²) in [7, 11) is 0. The Morgan fingerprint density at radius 3 is 2.57 bits per heavy atom. The fourth-order valence-corrected chi connectivity index (χ4v) is 0.830. The molecule has 0 atom stereocenters. The van der Waals surface area contributed by atoms with Crippen LogP contribution in [0.3, 0.4) is 0 Å². The van der Waals surface area contributed by atoms with Crippen molar-refractivity contribution < 1.29 is 9.58 Å². The molecule has 0 aliphatic carbocycles. The summed E-state index contributed by atoms with van der Waals surface area (Å²) in [5.74, 6) is -0.735. The highest BCUT2D eigenvalue weighted by molar-refractivity contribution is 6.46. The Hall–Kier alpha value is -2.44. The third-order valence-corrected chi connectivity index (χ3v) is 1.45. The van der Waals surface area contributed by atoms with E-state index in [4.69, 9.17) is 10.8 Å². The van der Waals surface area contributed by atoms with Crippen molar-refractivity contribution in [1.29, 1.82) is 5.26 Å². The number of hydrogen-bond donors (Lipinski definition) is 1. The fourth-order valence-electron chi connectivity index (χ4n) is 0.830. The Kier molecular flexibility index (Phi) is 3.14. The summed E-state index contributed by atoms with van der Waals surface area (Å²) < 4.78 is 0. The van der Waals surface area contributed by atoms with E-state index in [1.807, 2.05) is 0 Å². The lowest BCUT2D eigenvalue weighted by Gasteiger charge is -1.97. The second-order valence-electron chi connectivity index (χ2n) is 2.38. The van der Waals surface area contributed by atoms with E-state index in [0.717, 1.165) is 0 Å². The lowest BCUT2D eigenvalue weighted by Crippen LogP contribution is -2.22. The number of rotatable bonds is 2. The molecule has 1 rings (SSSR count). The average Bonchev–Trinajstić information content (AvgIpc) is 2.21. The minimum atomic E-state index is -0.735. The summed E-state index contributed by atoms with van der Waals surface area (Å²) in [4.78, 5) is 13.7. The molecule has 0 bridgehead atoms. The smallest absolute Gasteiger partial charge is 0.360 e. The molecule has 5 heteroatoms. The van der Waals surface area contributed by atoms with Gasteiger partial charge in [-0.05, 0) is 12.1 Å². The normalized spacial score (nSPS) is 8.21. The monoisotopic (exact) mass is 186 g/mol. The summed E-state index contributed by atoms with van der Waals surface area (Å²) in [6, 6.07) is 10.0. The van der Waals surface area contributed by atoms with Crippen molar-refractivity contribution in [1.82, 2.24) is 0 Å². The molecule has 0 spiro atoms. The Morgan fingerprint density at radius 2 is 2.07 bits per heavy atom. The Balaban J connectivity index is 2.78. The largest absolute Gasteiger partial charge is 0.455 e. The van der Waals surface area contributed by atoms with E-state index in [9.17, 15) is 4.79 Å². The second-order valence-corrected chi connectivity index (χ2v) is 2.38. The van der Waals surface area contributed by atoms with Crippen LogP contribution in [0.2, 0.25) is 0 Å². The minimum absolute atomic E-state index is 0.536. The number of nitriles is 1. The molecule has 1 aromatic rings. The molecule has 0 saturated heterocycles. The van der Waals surface area contributed by atoms with Crippen molar-refractivity contribution in [2.75, 3.05) is 5.32 Å². The highest BCUT2D eigenvalue weighted by atomic mass is 16.1. The van der Waals surface area contributed by atoms with E-state index in [1.54, 1.807) is 30.3 Å². The van der Waals surface area contributed by atoms with E-state index in [-0.39, 0.29) is 0 Å². The van der Waals surface area contributed by atoms with Gasteiger partial charge in [-0.2, -0.15) is 5.26 Å². The molecule has 5 nitrogen and oxygen atoms in total. The number of hydrogen-bond acceptors (Lipinski definition) is 2. The Morgan fingerprint density at radius 1 is 1.43 bits per heavy atom. The molecule has 1 aromatic carbocycles. The summed E-state index contributed by atoms with van der Waals surface area (Å²) in [5, 5.41) is 10.8. The number of carbonyl (C=O) groups is 1. The SMILES string of the molecule is N#CC(=[N+]=[N-])C(=O)Nc1ccccc1. The van der Waals surface area contributed by atoms with Gasteiger partial charge in [0.25, 0.3) is 0 Å². The van der Waals surface area contributed by atoms with Crippen molar-refractivity contribution in [3.63, 3.8) is 0 Å². The molecule has 0 aromatic heterocycles. The molecule has 0 saturated carbocycles. The van der Waals surface area contributed by atoms with Crippen LogP contribution in [0, 0.1) is 11.3 Å². The van der Waals surface area contributed by atoms with Crippen LogP contribution in [0.1, 0.15) is 0 Å². The number of para-hydroxylation sites is 1. The highest BCUT2D eigenvalue weighted by Crippen LogP contribution is 2.04. The zero-order valence-electron chi connectivity index (χ0n) is 7.14. The van der Waals surface area contributed by atoms with E-state index >= 15 is 0 Å². The molecule has 0 fully saturated rings. The van der Waals surface area contributed by atoms with E-state index in [0.29, 0.717) is 5.69 Å². The first kappa shape index (κ1) is 9.65. The number of carbonyl (C=O) groups excluding carboxylic acids is 1. The van der Waals surface area contributed by atoms with Crippen molar-refractivity contribution >= 4 is 17.3 Å². The minimum Gasteiger partial charge on any atom is -0.360 e. The van der Waals surface area contributed by atoms with Gasteiger partial charge in [-0.1, -0.05) is 18.2 Å². The Labute approximate surface area is 80.2 Å². The summed E-state index contributed by atoms with van der Waals surface area (Å²) >= 11 is 0. The van der Waals surface area contributed by atoms with Crippen molar-refractivity contribution in [3.05, 3.63) is 35.9 Å². The average molecular weight is 186 g/mol. The molecule has 1 amide bonds. The van der Waals surface area contributed by atoms with Gasteiger partial charge >= 0.3 is 11.6 Å². The Bertz CT molecular complexity index is 426. The van der Waals surface area contributed by atoms with Gasteiger partial charge in [0.1, 0.15) is 0 Å². The number of anilines is 1. The first-order chi connectivity index (χ1) is 6.77. The second kappa shape index (κ2) is 4.55. The highest BCUT2D eigenvalue weighted by Gasteiger charge is 2.18. The van der Waals surface area contributed by atoms with Gasteiger partial charge in [-0.3, -0.25) is 4.79 Å². The maximum absolute atomic E-state index is 11.2. The quantitative estimate of drug-likeness (QED) is 0.421. The van der Waals surface area contributed by atoms with Gasteiger partial charge < -0.3 is 10.8 Å². The van der Waals surface area contributed by atoms with Gasteiger partial charge in [0.05, 0.1) is 0 Å². The summed E-state index contributed by atoms with van der Waals surface area (Å²) in [6.45, 7) is 0. The topological polar surface area (TPSA) is 89.3 Å². The maximum Gasteiger partial charge on any atom is 0.455 e. The molecule has 1 N–H and O–H groups in total. The molecular weight excluding hydrogens is 180 g/mol. The standard InChI is InChI=1S/C9H6N4O/c10-6-8(13-11)9(14)12-7-4-2-1-3-5-7/h1-5H,(H,12,14). The van der Waals surface area contributed by atoms with Crippen LogP contribution in [-0.4, -0.2) is 16.4 Å². The number of nitrogens with one attached hydrogen (secondary N) is 1. The van der Waals surface area contributed by atoms with Crippen molar-refractivity contribution in [2.45, 2.75) is 0 Å². The maximum atomic E-state index is 11.2. The van der Waals surface area contributed by atoms with Crippen molar-refractivity contribution in [3.8, 4) is 6.07 Å². The molecule has 0 aliphatic heterocycles. The van der Waals surface area contributed by atoms with Crippen LogP contribution in [0.25, 0.3) is 5.53 Å². The van der Waals surface area contributed by atoms with Gasteiger partial charge in [-0.25, -0.2) is 0 Å². The van der Waals surface area contributed by atoms with Crippen LogP contribution in [0.4, 0.5) is 5.69 Å². The summed E-state index contributed by atoms with van der Waals surface area (Å²) in [5.41, 5.74) is 8.24. The predicted octanol–water partition coefficient (Wildman–Crippen LogP) is 0.819. The van der Waals surface area contributed by atoms with Crippen molar-refractivity contribution in [2.24, 2.45) is 0 Å². The molecule has 14 heavy (non-hydrogen) atoms. The van der Waals surface area contributed by atoms with Gasteiger partial charge in [0.2, 0.25) is 0 Å². The molecule has 0 radical (unpaired) electrons. The van der Waals surface area contributed by atoms with Gasteiger partial charge in [0.15, 0.2) is 6.07 Å². The number of amides is 1.